The first-order valence-corrected chi connectivity index (χ1v) is 14.8. The normalized spacial score (nSPS) is 12.1. The molecule has 39 heavy (non-hydrogen) atoms. The van der Waals surface area contributed by atoms with Crippen LogP contribution in [-0.2, 0) is 26.2 Å². The lowest BCUT2D eigenvalue weighted by Crippen LogP contribution is -2.51. The number of nitrogens with zero attached hydrogens (tertiary/aromatic N) is 2. The summed E-state index contributed by atoms with van der Waals surface area (Å²) in [5.41, 5.74) is 2.91. The number of halogens is 2. The molecule has 0 saturated heterocycles. The Hall–Kier alpha value is -3.07. The van der Waals surface area contributed by atoms with Crippen molar-refractivity contribution in [3.8, 4) is 0 Å². The average Bonchev–Trinajstić information content (AvgIpc) is 2.90. The number of aryl methyl sites for hydroxylation is 2. The minimum Gasteiger partial charge on any atom is -0.354 e. The Morgan fingerprint density at radius 2 is 1.62 bits per heavy atom. The Morgan fingerprint density at radius 1 is 0.923 bits per heavy atom. The second kappa shape index (κ2) is 13.3. The second-order valence-corrected chi connectivity index (χ2v) is 12.1. The fraction of sp³-hybridized carbons (Fsp3) is 0.310. The smallest absolute Gasteiger partial charge is 0.264 e. The molecular formula is C29H33Cl2N3O4S. The SMILES string of the molecule is CCCNC(=O)[C@H](C)N(Cc1cccc(Cl)c1)C(=O)CN(c1ccc(C)c(C)c1)S(=O)(=O)c1ccc(Cl)cc1. The third-order valence-electron chi connectivity index (χ3n) is 6.42. The van der Waals surface area contributed by atoms with E-state index in [9.17, 15) is 18.0 Å². The van der Waals surface area contributed by atoms with Crippen molar-refractivity contribution in [1.82, 2.24) is 10.2 Å². The zero-order valence-electron chi connectivity index (χ0n) is 22.4. The molecule has 208 valence electrons. The first kappa shape index (κ1) is 30.5. The lowest BCUT2D eigenvalue weighted by atomic mass is 10.1. The quantitative estimate of drug-likeness (QED) is 0.308. The number of nitrogens with one attached hydrogen (secondary N) is 1. The van der Waals surface area contributed by atoms with E-state index in [0.717, 1.165) is 21.9 Å². The Labute approximate surface area is 240 Å². The fourth-order valence-corrected chi connectivity index (χ4v) is 5.70. The molecule has 0 bridgehead atoms. The lowest BCUT2D eigenvalue weighted by molar-refractivity contribution is -0.139. The van der Waals surface area contributed by atoms with Crippen molar-refractivity contribution in [2.75, 3.05) is 17.4 Å². The summed E-state index contributed by atoms with van der Waals surface area (Å²) in [5, 5.41) is 3.70. The van der Waals surface area contributed by atoms with Crippen molar-refractivity contribution >= 4 is 50.7 Å². The molecule has 0 aromatic heterocycles. The van der Waals surface area contributed by atoms with Crippen LogP contribution in [0.25, 0.3) is 0 Å². The van der Waals surface area contributed by atoms with Crippen LogP contribution in [0, 0.1) is 13.8 Å². The van der Waals surface area contributed by atoms with Gasteiger partial charge in [0.2, 0.25) is 11.8 Å². The monoisotopic (exact) mass is 589 g/mol. The zero-order valence-corrected chi connectivity index (χ0v) is 24.8. The largest absolute Gasteiger partial charge is 0.354 e. The molecule has 0 spiro atoms. The maximum Gasteiger partial charge on any atom is 0.264 e. The summed E-state index contributed by atoms with van der Waals surface area (Å²) in [6, 6.07) is 17.1. The Kier molecular flexibility index (Phi) is 10.4. The highest BCUT2D eigenvalue weighted by Gasteiger charge is 2.32. The molecule has 10 heteroatoms. The van der Waals surface area contributed by atoms with Gasteiger partial charge in [0.1, 0.15) is 12.6 Å². The van der Waals surface area contributed by atoms with Gasteiger partial charge in [0, 0.05) is 23.1 Å². The van der Waals surface area contributed by atoms with E-state index < -0.39 is 28.5 Å². The molecule has 0 fully saturated rings. The summed E-state index contributed by atoms with van der Waals surface area (Å²) >= 11 is 12.2. The van der Waals surface area contributed by atoms with E-state index in [2.05, 4.69) is 5.32 Å². The fourth-order valence-electron chi connectivity index (χ4n) is 3.95. The maximum absolute atomic E-state index is 13.9. The minimum atomic E-state index is -4.16. The number of hydrogen-bond donors (Lipinski definition) is 1. The topological polar surface area (TPSA) is 86.8 Å². The van der Waals surface area contributed by atoms with Crippen LogP contribution in [-0.4, -0.2) is 44.3 Å². The van der Waals surface area contributed by atoms with Crippen LogP contribution in [0.1, 0.15) is 37.0 Å². The van der Waals surface area contributed by atoms with Crippen LogP contribution in [0.3, 0.4) is 0 Å². The van der Waals surface area contributed by atoms with Gasteiger partial charge in [0.05, 0.1) is 10.6 Å². The van der Waals surface area contributed by atoms with Crippen molar-refractivity contribution in [3.63, 3.8) is 0 Å². The molecular weight excluding hydrogens is 557 g/mol. The molecule has 0 heterocycles. The van der Waals surface area contributed by atoms with Gasteiger partial charge in [-0.05, 0) is 92.4 Å². The maximum atomic E-state index is 13.9. The van der Waals surface area contributed by atoms with Gasteiger partial charge in [-0.2, -0.15) is 0 Å². The van der Waals surface area contributed by atoms with Gasteiger partial charge in [-0.3, -0.25) is 13.9 Å². The van der Waals surface area contributed by atoms with Crippen molar-refractivity contribution in [2.45, 2.75) is 51.6 Å². The summed E-state index contributed by atoms with van der Waals surface area (Å²) in [4.78, 5) is 28.2. The van der Waals surface area contributed by atoms with Crippen molar-refractivity contribution < 1.29 is 18.0 Å². The number of rotatable bonds is 11. The van der Waals surface area contributed by atoms with Gasteiger partial charge in [-0.1, -0.05) is 48.3 Å². The van der Waals surface area contributed by atoms with Crippen LogP contribution in [0.2, 0.25) is 10.0 Å². The molecule has 1 N–H and O–H groups in total. The summed E-state index contributed by atoms with van der Waals surface area (Å²) in [6.45, 7) is 7.37. The molecule has 0 aliphatic carbocycles. The van der Waals surface area contributed by atoms with Gasteiger partial charge in [-0.15, -0.1) is 0 Å². The van der Waals surface area contributed by atoms with E-state index >= 15 is 0 Å². The molecule has 1 atom stereocenters. The van der Waals surface area contributed by atoms with Crippen molar-refractivity contribution in [1.29, 1.82) is 0 Å². The first-order chi connectivity index (χ1) is 18.4. The van der Waals surface area contributed by atoms with Crippen molar-refractivity contribution in [2.24, 2.45) is 0 Å². The van der Waals surface area contributed by atoms with E-state index in [1.165, 1.54) is 29.2 Å². The third-order valence-corrected chi connectivity index (χ3v) is 8.69. The predicted octanol–water partition coefficient (Wildman–Crippen LogP) is 5.75. The molecule has 3 aromatic rings. The van der Waals surface area contributed by atoms with Crippen LogP contribution >= 0.6 is 23.2 Å². The molecule has 0 unspecified atom stereocenters. The van der Waals surface area contributed by atoms with E-state index in [1.807, 2.05) is 26.8 Å². The number of benzene rings is 3. The van der Waals surface area contributed by atoms with E-state index in [-0.39, 0.29) is 17.3 Å². The van der Waals surface area contributed by atoms with Gasteiger partial charge < -0.3 is 10.2 Å². The predicted molar refractivity (Wildman–Crippen MR) is 157 cm³/mol. The minimum absolute atomic E-state index is 0.00643. The highest BCUT2D eigenvalue weighted by Crippen LogP contribution is 2.27. The lowest BCUT2D eigenvalue weighted by Gasteiger charge is -2.32. The van der Waals surface area contributed by atoms with E-state index in [0.29, 0.717) is 27.8 Å². The van der Waals surface area contributed by atoms with Crippen LogP contribution < -0.4 is 9.62 Å². The highest BCUT2D eigenvalue weighted by molar-refractivity contribution is 7.92. The van der Waals surface area contributed by atoms with E-state index in [1.54, 1.807) is 43.3 Å². The Morgan fingerprint density at radius 3 is 2.23 bits per heavy atom. The van der Waals surface area contributed by atoms with Crippen LogP contribution in [0.5, 0.6) is 0 Å². The molecule has 2 amide bonds. The summed E-state index contributed by atoms with van der Waals surface area (Å²) in [7, 11) is -4.16. The molecule has 3 rings (SSSR count). The standard InChI is InChI=1S/C29H33Cl2N3O4S/c1-5-15-32-29(36)22(4)33(18-23-7-6-8-25(31)17-23)28(35)19-34(26-12-9-20(2)21(3)16-26)39(37,38)27-13-10-24(30)11-14-27/h6-14,16-17,22H,5,15,18-19H2,1-4H3,(H,32,36)/t22-/m0/s1. The van der Waals surface area contributed by atoms with Gasteiger partial charge in [-0.25, -0.2) is 8.42 Å². The molecule has 0 aliphatic heterocycles. The number of carbonyl (C=O) groups is 2. The molecule has 0 saturated carbocycles. The third kappa shape index (κ3) is 7.75. The summed E-state index contributed by atoms with van der Waals surface area (Å²) < 4.78 is 28.8. The molecule has 7 nitrogen and oxygen atoms in total. The highest BCUT2D eigenvalue weighted by atomic mass is 35.5. The Balaban J connectivity index is 2.04. The summed E-state index contributed by atoms with van der Waals surface area (Å²) in [5.74, 6) is -0.865. The van der Waals surface area contributed by atoms with E-state index in [4.69, 9.17) is 23.2 Å². The number of amides is 2. The zero-order chi connectivity index (χ0) is 28.7. The summed E-state index contributed by atoms with van der Waals surface area (Å²) in [6.07, 6.45) is 0.737. The average molecular weight is 591 g/mol. The van der Waals surface area contributed by atoms with Gasteiger partial charge in [0.15, 0.2) is 0 Å². The number of carbonyl (C=O) groups excluding carboxylic acids is 2. The van der Waals surface area contributed by atoms with Crippen molar-refractivity contribution in [3.05, 3.63) is 93.5 Å². The molecule has 0 radical (unpaired) electrons. The second-order valence-electron chi connectivity index (χ2n) is 9.35. The van der Waals surface area contributed by atoms with Gasteiger partial charge >= 0.3 is 0 Å². The Bertz CT molecular complexity index is 1430. The van der Waals surface area contributed by atoms with Crippen LogP contribution in [0.4, 0.5) is 5.69 Å². The van der Waals surface area contributed by atoms with Crippen LogP contribution in [0.15, 0.2) is 71.6 Å². The molecule has 0 aliphatic rings. The van der Waals surface area contributed by atoms with Gasteiger partial charge in [0.25, 0.3) is 10.0 Å². The number of anilines is 1. The number of hydrogen-bond acceptors (Lipinski definition) is 4. The number of sulfonamides is 1. The first-order valence-electron chi connectivity index (χ1n) is 12.6. The molecule has 3 aromatic carbocycles.